The lowest BCUT2D eigenvalue weighted by Crippen LogP contribution is -2.45. The number of rotatable bonds is 6. The molecule has 1 aromatic heterocycles. The van der Waals surface area contributed by atoms with Gasteiger partial charge in [0.05, 0.1) is 6.20 Å². The number of likely N-dealkylation sites (tertiary alicyclic amines) is 1. The molecule has 2 atom stereocenters. The Morgan fingerprint density at radius 3 is 2.92 bits per heavy atom. The van der Waals surface area contributed by atoms with E-state index in [0.29, 0.717) is 12.0 Å². The number of piperidine rings is 1. The molecule has 1 aromatic rings. The highest BCUT2D eigenvalue weighted by Gasteiger charge is 2.32. The second-order valence-electron chi connectivity index (χ2n) is 7.89. The van der Waals surface area contributed by atoms with Gasteiger partial charge in [-0.1, -0.05) is 11.6 Å². The van der Waals surface area contributed by atoms with Crippen LogP contribution in [-0.2, 0) is 7.05 Å². The maximum Gasteiger partial charge on any atom is 0.317 e. The summed E-state index contributed by atoms with van der Waals surface area (Å²) in [7, 11) is 6.05. The van der Waals surface area contributed by atoms with Crippen molar-refractivity contribution in [3.8, 4) is 0 Å². The minimum absolute atomic E-state index is 0.0433. The van der Waals surface area contributed by atoms with Crippen molar-refractivity contribution in [2.45, 2.75) is 44.6 Å². The number of aryl methyl sites for hydroxylation is 1. The summed E-state index contributed by atoms with van der Waals surface area (Å²) >= 11 is 0. The molecule has 6 heteroatoms. The van der Waals surface area contributed by atoms with Crippen molar-refractivity contribution in [1.29, 1.82) is 0 Å². The molecule has 6 nitrogen and oxygen atoms in total. The van der Waals surface area contributed by atoms with E-state index in [1.807, 2.05) is 29.9 Å². The molecular formula is C20H33N5O. The van der Waals surface area contributed by atoms with Gasteiger partial charge >= 0.3 is 6.03 Å². The zero-order valence-electron chi connectivity index (χ0n) is 16.4. The fourth-order valence-corrected chi connectivity index (χ4v) is 4.43. The van der Waals surface area contributed by atoms with E-state index in [0.717, 1.165) is 32.5 Å². The Morgan fingerprint density at radius 1 is 1.38 bits per heavy atom. The molecule has 0 unspecified atom stereocenters. The smallest absolute Gasteiger partial charge is 0.317 e. The topological polar surface area (TPSA) is 53.4 Å². The van der Waals surface area contributed by atoms with Crippen molar-refractivity contribution in [2.24, 2.45) is 13.0 Å². The summed E-state index contributed by atoms with van der Waals surface area (Å²) in [6.45, 7) is 2.62. The Balaban J connectivity index is 1.53. The molecule has 1 fully saturated rings. The molecule has 1 N–H and O–H groups in total. The average Bonchev–Trinajstić information content (AvgIpc) is 3.26. The zero-order valence-corrected chi connectivity index (χ0v) is 16.4. The molecule has 3 rings (SSSR count). The number of carbonyl (C=O) groups excluding carboxylic acids is 1. The molecule has 1 aliphatic carbocycles. The summed E-state index contributed by atoms with van der Waals surface area (Å²) in [6, 6.07) is 0.373. The minimum Gasteiger partial charge on any atom is -0.338 e. The molecule has 0 spiro atoms. The third kappa shape index (κ3) is 4.67. The molecule has 2 amide bonds. The van der Waals surface area contributed by atoms with E-state index in [2.05, 4.69) is 34.6 Å². The SMILES string of the molecule is CN(C[C@@H]1CCCN(C)[C@H]1c1cnn(C)c1)C(=O)NCCC1=CCCC1. The molecule has 2 aliphatic rings. The standard InChI is InChI=1S/C20H33N5O/c1-23-12-6-9-17(19(23)18-13-22-25(3)15-18)14-24(2)20(26)21-11-10-16-7-4-5-8-16/h7,13,15,17,19H,4-6,8-12,14H2,1-3H3,(H,21,26)/t17-,19+/m0/s1. The number of hydrogen-bond acceptors (Lipinski definition) is 3. The van der Waals surface area contributed by atoms with Crippen molar-refractivity contribution in [3.63, 3.8) is 0 Å². The molecule has 1 saturated heterocycles. The number of nitrogens with zero attached hydrogens (tertiary/aromatic N) is 4. The maximum atomic E-state index is 12.5. The van der Waals surface area contributed by atoms with Gasteiger partial charge < -0.3 is 10.2 Å². The number of carbonyl (C=O) groups is 1. The molecule has 0 saturated carbocycles. The third-order valence-electron chi connectivity index (χ3n) is 5.79. The summed E-state index contributed by atoms with van der Waals surface area (Å²) in [6.07, 6.45) is 13.4. The van der Waals surface area contributed by atoms with E-state index in [4.69, 9.17) is 0 Å². The normalized spacial score (nSPS) is 23.7. The van der Waals surface area contributed by atoms with Gasteiger partial charge in [-0.25, -0.2) is 4.79 Å². The fourth-order valence-electron chi connectivity index (χ4n) is 4.43. The molecule has 144 valence electrons. The van der Waals surface area contributed by atoms with Gasteiger partial charge in [0.1, 0.15) is 0 Å². The summed E-state index contributed by atoms with van der Waals surface area (Å²) < 4.78 is 1.86. The van der Waals surface area contributed by atoms with E-state index < -0.39 is 0 Å². The van der Waals surface area contributed by atoms with Gasteiger partial charge in [-0.2, -0.15) is 5.10 Å². The van der Waals surface area contributed by atoms with Crippen molar-refractivity contribution in [1.82, 2.24) is 24.9 Å². The van der Waals surface area contributed by atoms with Crippen LogP contribution in [-0.4, -0.2) is 59.3 Å². The molecule has 26 heavy (non-hydrogen) atoms. The van der Waals surface area contributed by atoms with E-state index >= 15 is 0 Å². The van der Waals surface area contributed by atoms with Crippen LogP contribution in [0.15, 0.2) is 24.0 Å². The second kappa shape index (κ2) is 8.71. The van der Waals surface area contributed by atoms with Crippen molar-refractivity contribution >= 4 is 6.03 Å². The van der Waals surface area contributed by atoms with Crippen molar-refractivity contribution in [2.75, 3.05) is 33.7 Å². The predicted octanol–water partition coefficient (Wildman–Crippen LogP) is 2.94. The minimum atomic E-state index is 0.0433. The monoisotopic (exact) mass is 359 g/mol. The van der Waals surface area contributed by atoms with Crippen LogP contribution in [0.3, 0.4) is 0 Å². The fraction of sp³-hybridized carbons (Fsp3) is 0.700. The summed E-state index contributed by atoms with van der Waals surface area (Å²) in [5.41, 5.74) is 2.75. The highest BCUT2D eigenvalue weighted by atomic mass is 16.2. The van der Waals surface area contributed by atoms with Crippen LogP contribution in [0.5, 0.6) is 0 Å². The van der Waals surface area contributed by atoms with Gasteiger partial charge in [-0.05, 0) is 58.0 Å². The Bertz CT molecular complexity index is 638. The van der Waals surface area contributed by atoms with Crippen LogP contribution >= 0.6 is 0 Å². The van der Waals surface area contributed by atoms with Gasteiger partial charge in [0.2, 0.25) is 0 Å². The molecule has 1 aliphatic heterocycles. The Morgan fingerprint density at radius 2 is 2.23 bits per heavy atom. The quantitative estimate of drug-likeness (QED) is 0.795. The summed E-state index contributed by atoms with van der Waals surface area (Å²) in [5.74, 6) is 0.436. The largest absolute Gasteiger partial charge is 0.338 e. The summed E-state index contributed by atoms with van der Waals surface area (Å²) in [5, 5.41) is 7.43. The molecule has 0 radical (unpaired) electrons. The molecular weight excluding hydrogens is 326 g/mol. The van der Waals surface area contributed by atoms with E-state index in [9.17, 15) is 4.79 Å². The lowest BCUT2D eigenvalue weighted by molar-refractivity contribution is 0.0996. The summed E-state index contributed by atoms with van der Waals surface area (Å²) in [4.78, 5) is 16.7. The predicted molar refractivity (Wildman–Crippen MR) is 104 cm³/mol. The Kier molecular flexibility index (Phi) is 6.35. The molecule has 0 bridgehead atoms. The van der Waals surface area contributed by atoms with Gasteiger partial charge in [-0.15, -0.1) is 0 Å². The lowest BCUT2D eigenvalue weighted by atomic mass is 9.86. The van der Waals surface area contributed by atoms with Crippen molar-refractivity contribution in [3.05, 3.63) is 29.6 Å². The first-order valence-electron chi connectivity index (χ1n) is 9.90. The lowest BCUT2D eigenvalue weighted by Gasteiger charge is -2.40. The van der Waals surface area contributed by atoms with Crippen LogP contribution in [0.25, 0.3) is 0 Å². The molecule has 2 heterocycles. The average molecular weight is 360 g/mol. The van der Waals surface area contributed by atoms with Crippen LogP contribution in [0.1, 0.15) is 50.1 Å². The van der Waals surface area contributed by atoms with Crippen LogP contribution < -0.4 is 5.32 Å². The van der Waals surface area contributed by atoms with E-state index in [1.165, 1.54) is 36.8 Å². The van der Waals surface area contributed by atoms with Crippen LogP contribution in [0.4, 0.5) is 4.79 Å². The number of nitrogens with one attached hydrogen (secondary N) is 1. The van der Waals surface area contributed by atoms with Crippen molar-refractivity contribution < 1.29 is 4.79 Å². The Labute approximate surface area is 157 Å². The Hall–Kier alpha value is -1.82. The number of aromatic nitrogens is 2. The van der Waals surface area contributed by atoms with Crippen LogP contribution in [0, 0.1) is 5.92 Å². The second-order valence-corrected chi connectivity index (χ2v) is 7.89. The van der Waals surface area contributed by atoms with Gasteiger partial charge in [0.15, 0.2) is 0 Å². The highest BCUT2D eigenvalue weighted by Crippen LogP contribution is 2.35. The first-order chi connectivity index (χ1) is 12.5. The number of allylic oxidation sites excluding steroid dienone is 1. The number of amides is 2. The van der Waals surface area contributed by atoms with Gasteiger partial charge in [-0.3, -0.25) is 9.58 Å². The first kappa shape index (κ1) is 19.0. The van der Waals surface area contributed by atoms with Gasteiger partial charge in [0, 0.05) is 45.0 Å². The maximum absolute atomic E-state index is 12.5. The zero-order chi connectivity index (χ0) is 18.5. The third-order valence-corrected chi connectivity index (χ3v) is 5.79. The number of hydrogen-bond donors (Lipinski definition) is 1. The van der Waals surface area contributed by atoms with Crippen LogP contribution in [0.2, 0.25) is 0 Å². The first-order valence-corrected chi connectivity index (χ1v) is 9.90. The van der Waals surface area contributed by atoms with E-state index in [1.54, 1.807) is 0 Å². The number of urea groups is 1. The highest BCUT2D eigenvalue weighted by molar-refractivity contribution is 5.73. The van der Waals surface area contributed by atoms with Gasteiger partial charge in [0.25, 0.3) is 0 Å². The van der Waals surface area contributed by atoms with E-state index in [-0.39, 0.29) is 6.03 Å². The molecule has 0 aromatic carbocycles.